The summed E-state index contributed by atoms with van der Waals surface area (Å²) in [4.78, 5) is 14.8. The maximum atomic E-state index is 12.7. The Kier molecular flexibility index (Phi) is 6.94. The Morgan fingerprint density at radius 3 is 2.55 bits per heavy atom. The van der Waals surface area contributed by atoms with Crippen LogP contribution < -0.4 is 10.1 Å². The maximum Gasteiger partial charge on any atom is 0.251 e. The second-order valence-corrected chi connectivity index (χ2v) is 7.63. The fraction of sp³-hybridized carbons (Fsp3) is 0.375. The number of likely N-dealkylation sites (N-methyl/N-ethyl adjacent to an activating group) is 1. The third-order valence-electron chi connectivity index (χ3n) is 5.25. The van der Waals surface area contributed by atoms with Gasteiger partial charge in [-0.3, -0.25) is 4.79 Å². The molecule has 1 heterocycles. The maximum absolute atomic E-state index is 12.7. The predicted octanol–water partition coefficient (Wildman–Crippen LogP) is 4.39. The molecule has 29 heavy (non-hydrogen) atoms. The first-order chi connectivity index (χ1) is 14.0. The largest absolute Gasteiger partial charge is 0.494 e. The van der Waals surface area contributed by atoms with Crippen molar-refractivity contribution in [2.45, 2.75) is 25.8 Å². The molecule has 3 rings (SSSR count). The second-order valence-electron chi connectivity index (χ2n) is 7.63. The molecule has 1 aromatic heterocycles. The number of hydrogen-bond donors (Lipinski definition) is 1. The number of amides is 1. The van der Waals surface area contributed by atoms with Crippen LogP contribution in [0.4, 0.5) is 0 Å². The lowest BCUT2D eigenvalue weighted by molar-refractivity contribution is 0.0942. The molecular weight excluding hydrogens is 362 g/mol. The van der Waals surface area contributed by atoms with Crippen molar-refractivity contribution in [2.24, 2.45) is 7.05 Å². The molecule has 0 aliphatic rings. The monoisotopic (exact) mass is 393 g/mol. The van der Waals surface area contributed by atoms with Crippen LogP contribution in [0.25, 0.3) is 10.9 Å². The number of benzene rings is 2. The van der Waals surface area contributed by atoms with Gasteiger partial charge in [-0.25, -0.2) is 0 Å². The predicted molar refractivity (Wildman–Crippen MR) is 119 cm³/mol. The number of fused-ring (bicyclic) bond motifs is 1. The zero-order valence-electron chi connectivity index (χ0n) is 17.8. The Labute approximate surface area is 173 Å². The van der Waals surface area contributed by atoms with Gasteiger partial charge in [-0.1, -0.05) is 31.5 Å². The van der Waals surface area contributed by atoms with Gasteiger partial charge in [0.2, 0.25) is 0 Å². The molecule has 0 spiro atoms. The Bertz CT molecular complexity index is 944. The standard InChI is InChI=1S/C24H31N3O2/c1-5-6-15-29-19-13-11-18(12-14-19)24(28)25-16-23(26(2)3)21-17-27(4)22-10-8-7-9-20(21)22/h7-14,17,23H,5-6,15-16H2,1-4H3,(H,25,28). The van der Waals surface area contributed by atoms with E-state index in [1.165, 1.54) is 16.5 Å². The number of carbonyl (C=O) groups excluding carboxylic acids is 1. The zero-order chi connectivity index (χ0) is 20.8. The molecule has 1 amide bonds. The molecule has 0 fully saturated rings. The number of aromatic nitrogens is 1. The highest BCUT2D eigenvalue weighted by Crippen LogP contribution is 2.28. The van der Waals surface area contributed by atoms with E-state index < -0.39 is 0 Å². The van der Waals surface area contributed by atoms with Gasteiger partial charge >= 0.3 is 0 Å². The van der Waals surface area contributed by atoms with Crippen molar-refractivity contribution in [3.05, 3.63) is 65.9 Å². The Hall–Kier alpha value is -2.79. The van der Waals surface area contributed by atoms with Gasteiger partial charge < -0.3 is 19.5 Å². The van der Waals surface area contributed by atoms with Crippen molar-refractivity contribution in [1.82, 2.24) is 14.8 Å². The summed E-state index contributed by atoms with van der Waals surface area (Å²) < 4.78 is 7.81. The van der Waals surface area contributed by atoms with Gasteiger partial charge in [-0.05, 0) is 56.4 Å². The number of carbonyl (C=O) groups is 1. The first kappa shape index (κ1) is 20.9. The molecule has 5 heteroatoms. The van der Waals surface area contributed by atoms with Crippen LogP contribution in [0.3, 0.4) is 0 Å². The number of ether oxygens (including phenoxy) is 1. The van der Waals surface area contributed by atoms with Gasteiger partial charge in [0.05, 0.1) is 12.6 Å². The van der Waals surface area contributed by atoms with Crippen molar-refractivity contribution in [3.63, 3.8) is 0 Å². The highest BCUT2D eigenvalue weighted by Gasteiger charge is 2.20. The van der Waals surface area contributed by atoms with Crippen LogP contribution in [-0.4, -0.2) is 42.6 Å². The quantitative estimate of drug-likeness (QED) is 0.549. The van der Waals surface area contributed by atoms with Crippen LogP contribution in [-0.2, 0) is 7.05 Å². The van der Waals surface area contributed by atoms with Gasteiger partial charge in [0.25, 0.3) is 5.91 Å². The third-order valence-corrected chi connectivity index (χ3v) is 5.25. The lowest BCUT2D eigenvalue weighted by Crippen LogP contribution is -2.34. The lowest BCUT2D eigenvalue weighted by atomic mass is 10.0. The van der Waals surface area contributed by atoms with Gasteiger partial charge in [0, 0.05) is 36.3 Å². The van der Waals surface area contributed by atoms with Crippen LogP contribution in [0, 0.1) is 0 Å². The molecule has 0 saturated heterocycles. The van der Waals surface area contributed by atoms with Crippen LogP contribution in [0.1, 0.15) is 41.7 Å². The van der Waals surface area contributed by atoms with Gasteiger partial charge in [-0.15, -0.1) is 0 Å². The highest BCUT2D eigenvalue weighted by molar-refractivity contribution is 5.94. The molecule has 0 saturated carbocycles. The van der Waals surface area contributed by atoms with Crippen molar-refractivity contribution in [1.29, 1.82) is 0 Å². The van der Waals surface area contributed by atoms with E-state index in [9.17, 15) is 4.79 Å². The van der Waals surface area contributed by atoms with Gasteiger partial charge in [-0.2, -0.15) is 0 Å². The Morgan fingerprint density at radius 1 is 1.14 bits per heavy atom. The topological polar surface area (TPSA) is 46.5 Å². The van der Waals surface area contributed by atoms with Gasteiger partial charge in [0.15, 0.2) is 0 Å². The molecule has 154 valence electrons. The molecule has 1 unspecified atom stereocenters. The molecule has 0 radical (unpaired) electrons. The third kappa shape index (κ3) is 4.98. The summed E-state index contributed by atoms with van der Waals surface area (Å²) in [6.07, 6.45) is 4.29. The average molecular weight is 394 g/mol. The number of hydrogen-bond acceptors (Lipinski definition) is 3. The lowest BCUT2D eigenvalue weighted by Gasteiger charge is -2.24. The van der Waals surface area contributed by atoms with Crippen molar-refractivity contribution >= 4 is 16.8 Å². The first-order valence-corrected chi connectivity index (χ1v) is 10.2. The molecule has 0 aliphatic heterocycles. The van der Waals surface area contributed by atoms with E-state index in [2.05, 4.69) is 53.2 Å². The summed E-state index contributed by atoms with van der Waals surface area (Å²) in [6.45, 7) is 3.38. The number of nitrogens with one attached hydrogen (secondary N) is 1. The second kappa shape index (κ2) is 9.61. The molecule has 0 aliphatic carbocycles. The van der Waals surface area contributed by atoms with Crippen molar-refractivity contribution in [2.75, 3.05) is 27.2 Å². The number of nitrogens with zero attached hydrogens (tertiary/aromatic N) is 2. The van der Waals surface area contributed by atoms with Crippen LogP contribution in [0.2, 0.25) is 0 Å². The zero-order valence-corrected chi connectivity index (χ0v) is 17.8. The summed E-state index contributed by atoms with van der Waals surface area (Å²) in [5, 5.41) is 4.31. The SMILES string of the molecule is CCCCOc1ccc(C(=O)NCC(c2cn(C)c3ccccc23)N(C)C)cc1. The molecule has 0 bridgehead atoms. The van der Waals surface area contributed by atoms with Crippen molar-refractivity contribution in [3.8, 4) is 5.75 Å². The number of para-hydroxylation sites is 1. The molecule has 1 atom stereocenters. The minimum atomic E-state index is -0.0720. The average Bonchev–Trinajstić information content (AvgIpc) is 3.05. The minimum absolute atomic E-state index is 0.0720. The van der Waals surface area contributed by atoms with E-state index in [0.29, 0.717) is 18.7 Å². The minimum Gasteiger partial charge on any atom is -0.494 e. The summed E-state index contributed by atoms with van der Waals surface area (Å²) in [7, 11) is 6.14. The first-order valence-electron chi connectivity index (χ1n) is 10.2. The fourth-order valence-electron chi connectivity index (χ4n) is 3.54. The van der Waals surface area contributed by atoms with E-state index in [4.69, 9.17) is 4.74 Å². The summed E-state index contributed by atoms with van der Waals surface area (Å²) in [5.74, 6) is 0.731. The highest BCUT2D eigenvalue weighted by atomic mass is 16.5. The Balaban J connectivity index is 1.68. The van der Waals surface area contributed by atoms with Crippen LogP contribution in [0.15, 0.2) is 54.7 Å². The van der Waals surface area contributed by atoms with E-state index in [0.717, 1.165) is 18.6 Å². The summed E-state index contributed by atoms with van der Waals surface area (Å²) in [5.41, 5.74) is 3.05. The van der Waals surface area contributed by atoms with Crippen molar-refractivity contribution < 1.29 is 9.53 Å². The van der Waals surface area contributed by atoms with E-state index in [1.54, 1.807) is 0 Å². The Morgan fingerprint density at radius 2 is 1.86 bits per heavy atom. The number of unbranched alkanes of at least 4 members (excludes halogenated alkanes) is 1. The number of aryl methyl sites for hydroxylation is 1. The molecular formula is C24H31N3O2. The molecule has 1 N–H and O–H groups in total. The number of rotatable bonds is 9. The van der Waals surface area contributed by atoms with E-state index >= 15 is 0 Å². The normalized spacial score (nSPS) is 12.3. The summed E-state index contributed by atoms with van der Waals surface area (Å²) in [6, 6.07) is 15.8. The molecule has 2 aromatic carbocycles. The molecule has 3 aromatic rings. The van der Waals surface area contributed by atoms with E-state index in [1.807, 2.05) is 44.4 Å². The fourth-order valence-corrected chi connectivity index (χ4v) is 3.54. The smallest absolute Gasteiger partial charge is 0.251 e. The van der Waals surface area contributed by atoms with Crippen LogP contribution >= 0.6 is 0 Å². The van der Waals surface area contributed by atoms with Crippen LogP contribution in [0.5, 0.6) is 5.75 Å². The molecule has 5 nitrogen and oxygen atoms in total. The summed E-state index contributed by atoms with van der Waals surface area (Å²) >= 11 is 0. The van der Waals surface area contributed by atoms with E-state index in [-0.39, 0.29) is 11.9 Å². The van der Waals surface area contributed by atoms with Gasteiger partial charge in [0.1, 0.15) is 5.75 Å².